The van der Waals surface area contributed by atoms with E-state index < -0.39 is 0 Å². The Morgan fingerprint density at radius 2 is 1.31 bits per heavy atom. The largest absolute Gasteiger partial charge is 0.485 e. The fraction of sp³-hybridized carbons (Fsp3) is 0.0667. The van der Waals surface area contributed by atoms with Gasteiger partial charge in [-0.05, 0) is 52.7 Å². The SMILES string of the molecule is S=c1[nH]c(-c2ccccc2)cn1/N=C\c1ccc(OCc2ccccc2)c(OCc2ccccc2)c1. The molecule has 0 saturated carbocycles. The van der Waals surface area contributed by atoms with Gasteiger partial charge in [0.05, 0.1) is 18.1 Å². The number of nitrogens with one attached hydrogen (secondary N) is 1. The van der Waals surface area contributed by atoms with Crippen LogP contribution in [0, 0.1) is 4.77 Å². The van der Waals surface area contributed by atoms with Gasteiger partial charge >= 0.3 is 0 Å². The molecule has 0 amide bonds. The number of rotatable bonds is 9. The van der Waals surface area contributed by atoms with Gasteiger partial charge in [-0.2, -0.15) is 5.10 Å². The van der Waals surface area contributed by atoms with Gasteiger partial charge in [0.2, 0.25) is 0 Å². The Kier molecular flexibility index (Phi) is 7.35. The summed E-state index contributed by atoms with van der Waals surface area (Å²) >= 11 is 5.46. The van der Waals surface area contributed by atoms with Crippen LogP contribution in [0.25, 0.3) is 11.3 Å². The summed E-state index contributed by atoms with van der Waals surface area (Å²) in [4.78, 5) is 3.21. The zero-order valence-electron chi connectivity index (χ0n) is 19.6. The first-order valence-corrected chi connectivity index (χ1v) is 12.0. The lowest BCUT2D eigenvalue weighted by atomic mass is 10.2. The van der Waals surface area contributed by atoms with Gasteiger partial charge in [-0.25, -0.2) is 4.68 Å². The Labute approximate surface area is 215 Å². The van der Waals surface area contributed by atoms with Crippen LogP contribution in [0.5, 0.6) is 11.5 Å². The summed E-state index contributed by atoms with van der Waals surface area (Å²) in [5, 5.41) is 4.56. The van der Waals surface area contributed by atoms with Crippen molar-refractivity contribution in [2.45, 2.75) is 13.2 Å². The van der Waals surface area contributed by atoms with Crippen molar-refractivity contribution in [2.24, 2.45) is 5.10 Å². The molecule has 0 fully saturated rings. The molecule has 0 bridgehead atoms. The monoisotopic (exact) mass is 491 g/mol. The van der Waals surface area contributed by atoms with Gasteiger partial charge in [0, 0.05) is 0 Å². The van der Waals surface area contributed by atoms with E-state index in [4.69, 9.17) is 21.7 Å². The number of nitrogens with zero attached hydrogens (tertiary/aromatic N) is 2. The second kappa shape index (κ2) is 11.3. The number of H-pyrrole nitrogens is 1. The van der Waals surface area contributed by atoms with Crippen LogP contribution in [0.2, 0.25) is 0 Å². The molecule has 36 heavy (non-hydrogen) atoms. The summed E-state index contributed by atoms with van der Waals surface area (Å²) in [5.41, 5.74) is 5.00. The highest BCUT2D eigenvalue weighted by Gasteiger charge is 2.08. The molecule has 0 aliphatic heterocycles. The molecule has 4 aromatic carbocycles. The Balaban J connectivity index is 1.37. The molecule has 0 radical (unpaired) electrons. The van der Waals surface area contributed by atoms with E-state index in [2.05, 4.69) is 10.1 Å². The van der Waals surface area contributed by atoms with E-state index in [-0.39, 0.29) is 0 Å². The van der Waals surface area contributed by atoms with Crippen molar-refractivity contribution in [2.75, 3.05) is 0 Å². The molecule has 5 nitrogen and oxygen atoms in total. The molecule has 0 spiro atoms. The Morgan fingerprint density at radius 1 is 0.722 bits per heavy atom. The Bertz CT molecular complexity index is 1490. The second-order valence-electron chi connectivity index (χ2n) is 8.18. The number of hydrogen-bond donors (Lipinski definition) is 1. The van der Waals surface area contributed by atoms with Gasteiger partial charge in [-0.1, -0.05) is 91.0 Å². The minimum Gasteiger partial charge on any atom is -0.485 e. The van der Waals surface area contributed by atoms with E-state index in [0.29, 0.717) is 29.5 Å². The molecule has 6 heteroatoms. The van der Waals surface area contributed by atoms with Gasteiger partial charge in [0.1, 0.15) is 13.2 Å². The molecule has 1 aromatic heterocycles. The third-order valence-corrected chi connectivity index (χ3v) is 5.85. The Morgan fingerprint density at radius 3 is 1.94 bits per heavy atom. The van der Waals surface area contributed by atoms with Crippen molar-refractivity contribution in [3.8, 4) is 22.8 Å². The topological polar surface area (TPSA) is 51.5 Å². The molecule has 1 heterocycles. The maximum atomic E-state index is 6.17. The van der Waals surface area contributed by atoms with Crippen LogP contribution in [-0.4, -0.2) is 15.9 Å². The van der Waals surface area contributed by atoms with E-state index in [1.165, 1.54) is 0 Å². The van der Waals surface area contributed by atoms with Crippen LogP contribution in [0.3, 0.4) is 0 Å². The third kappa shape index (κ3) is 5.98. The van der Waals surface area contributed by atoms with E-state index in [1.807, 2.05) is 115 Å². The highest BCUT2D eigenvalue weighted by atomic mass is 32.1. The van der Waals surface area contributed by atoms with E-state index in [1.54, 1.807) is 10.9 Å². The lowest BCUT2D eigenvalue weighted by Crippen LogP contribution is -2.01. The van der Waals surface area contributed by atoms with Crippen LogP contribution in [-0.2, 0) is 13.2 Å². The summed E-state index contributed by atoms with van der Waals surface area (Å²) in [6.45, 7) is 0.892. The highest BCUT2D eigenvalue weighted by molar-refractivity contribution is 7.71. The van der Waals surface area contributed by atoms with Crippen molar-refractivity contribution in [1.82, 2.24) is 9.66 Å². The molecule has 5 aromatic rings. The van der Waals surface area contributed by atoms with Gasteiger partial charge in [-0.3, -0.25) is 0 Å². The highest BCUT2D eigenvalue weighted by Crippen LogP contribution is 2.30. The first kappa shape index (κ1) is 23.3. The quantitative estimate of drug-likeness (QED) is 0.174. The number of hydrogen-bond acceptors (Lipinski definition) is 4. The summed E-state index contributed by atoms with van der Waals surface area (Å²) < 4.78 is 14.5. The lowest BCUT2D eigenvalue weighted by Gasteiger charge is -2.14. The average molecular weight is 492 g/mol. The van der Waals surface area contributed by atoms with Crippen LogP contribution in [0.4, 0.5) is 0 Å². The fourth-order valence-electron chi connectivity index (χ4n) is 3.67. The normalized spacial score (nSPS) is 11.0. The molecule has 0 atom stereocenters. The smallest absolute Gasteiger partial charge is 0.198 e. The van der Waals surface area contributed by atoms with Gasteiger partial charge in [0.15, 0.2) is 16.3 Å². The first-order chi connectivity index (χ1) is 17.7. The number of imidazole rings is 1. The van der Waals surface area contributed by atoms with E-state index in [9.17, 15) is 0 Å². The maximum absolute atomic E-state index is 6.17. The molecule has 0 aliphatic carbocycles. The second-order valence-corrected chi connectivity index (χ2v) is 8.57. The minimum absolute atomic E-state index is 0.437. The van der Waals surface area contributed by atoms with Crippen molar-refractivity contribution in [1.29, 1.82) is 0 Å². The number of ether oxygens (including phenoxy) is 2. The molecular formula is C30H25N3O2S. The average Bonchev–Trinajstić information content (AvgIpc) is 3.32. The standard InChI is InChI=1S/C30H25N3O2S/c36-30-32-27(26-14-8-3-9-15-26)20-33(30)31-19-25-16-17-28(34-21-23-10-4-1-5-11-23)29(18-25)35-22-24-12-6-2-7-13-24/h1-20H,21-22H2,(H,32,36)/b31-19-. The van der Waals surface area contributed by atoms with Crippen molar-refractivity contribution in [3.63, 3.8) is 0 Å². The molecule has 1 N–H and O–H groups in total. The first-order valence-electron chi connectivity index (χ1n) is 11.6. The molecule has 0 aliphatic rings. The van der Waals surface area contributed by atoms with Gasteiger partial charge in [0.25, 0.3) is 0 Å². The molecule has 178 valence electrons. The molecule has 0 unspecified atom stereocenters. The zero-order valence-corrected chi connectivity index (χ0v) is 20.4. The number of benzene rings is 4. The summed E-state index contributed by atoms with van der Waals surface area (Å²) in [5.74, 6) is 1.33. The predicted octanol–water partition coefficient (Wildman–Crippen LogP) is 7.25. The summed E-state index contributed by atoms with van der Waals surface area (Å²) in [6, 6.07) is 35.9. The number of aromatic nitrogens is 2. The Hall–Kier alpha value is -4.42. The van der Waals surface area contributed by atoms with Crippen LogP contribution in [0.15, 0.2) is 120 Å². The zero-order chi connectivity index (χ0) is 24.6. The summed E-state index contributed by atoms with van der Waals surface area (Å²) in [6.07, 6.45) is 3.65. The van der Waals surface area contributed by atoms with Crippen molar-refractivity contribution >= 4 is 18.4 Å². The predicted molar refractivity (Wildman–Crippen MR) is 146 cm³/mol. The number of aromatic amines is 1. The van der Waals surface area contributed by atoms with Gasteiger partial charge < -0.3 is 14.5 Å². The van der Waals surface area contributed by atoms with E-state index in [0.717, 1.165) is 27.9 Å². The van der Waals surface area contributed by atoms with Gasteiger partial charge in [-0.15, -0.1) is 0 Å². The lowest BCUT2D eigenvalue weighted by molar-refractivity contribution is 0.256. The maximum Gasteiger partial charge on any atom is 0.198 e. The molecule has 5 rings (SSSR count). The minimum atomic E-state index is 0.437. The fourth-order valence-corrected chi connectivity index (χ4v) is 3.88. The van der Waals surface area contributed by atoms with Crippen molar-refractivity contribution in [3.05, 3.63) is 137 Å². The molecular weight excluding hydrogens is 466 g/mol. The summed E-state index contributed by atoms with van der Waals surface area (Å²) in [7, 11) is 0. The van der Waals surface area contributed by atoms with Crippen LogP contribution in [0.1, 0.15) is 16.7 Å². The van der Waals surface area contributed by atoms with Crippen LogP contribution >= 0.6 is 12.2 Å². The van der Waals surface area contributed by atoms with E-state index >= 15 is 0 Å². The van der Waals surface area contributed by atoms with Crippen molar-refractivity contribution < 1.29 is 9.47 Å². The third-order valence-electron chi connectivity index (χ3n) is 5.56. The molecule has 0 saturated heterocycles. The van der Waals surface area contributed by atoms with Crippen LogP contribution < -0.4 is 9.47 Å².